The molecule has 1 N–H and O–H groups in total. The van der Waals surface area contributed by atoms with Crippen molar-refractivity contribution in [1.29, 1.82) is 0 Å². The molecule has 2 aliphatic rings. The average molecular weight is 376 g/mol. The second-order valence-corrected chi connectivity index (χ2v) is 6.16. The van der Waals surface area contributed by atoms with Crippen molar-refractivity contribution < 1.29 is 9.53 Å². The van der Waals surface area contributed by atoms with Gasteiger partial charge < -0.3 is 15.0 Å². The normalized spacial score (nSPS) is 24.6. The van der Waals surface area contributed by atoms with Gasteiger partial charge in [0.2, 0.25) is 0 Å². The summed E-state index contributed by atoms with van der Waals surface area (Å²) in [5.41, 5.74) is 1.28. The van der Waals surface area contributed by atoms with Crippen LogP contribution in [0.1, 0.15) is 12.5 Å². The highest BCUT2D eigenvalue weighted by Gasteiger charge is 2.33. The first-order valence-electron chi connectivity index (χ1n) is 8.13. The van der Waals surface area contributed by atoms with Crippen molar-refractivity contribution in [2.24, 2.45) is 0 Å². The van der Waals surface area contributed by atoms with Crippen LogP contribution in [0.3, 0.4) is 0 Å². The van der Waals surface area contributed by atoms with Crippen LogP contribution in [0, 0.1) is 0 Å². The predicted octanol–water partition coefficient (Wildman–Crippen LogP) is 1.55. The maximum Gasteiger partial charge on any atom is 0.253 e. The Hall–Kier alpha value is -0.850. The molecule has 2 aliphatic heterocycles. The molecule has 0 saturated carbocycles. The Morgan fingerprint density at radius 2 is 2.00 bits per heavy atom. The van der Waals surface area contributed by atoms with Crippen molar-refractivity contribution in [2.45, 2.75) is 25.6 Å². The summed E-state index contributed by atoms with van der Waals surface area (Å²) in [7, 11) is 0. The van der Waals surface area contributed by atoms with Gasteiger partial charge in [0.05, 0.1) is 6.61 Å². The monoisotopic (exact) mass is 375 g/mol. The van der Waals surface area contributed by atoms with E-state index in [0.29, 0.717) is 13.2 Å². The maximum absolute atomic E-state index is 12.7. The molecule has 2 fully saturated rings. The van der Waals surface area contributed by atoms with Crippen LogP contribution >= 0.6 is 24.8 Å². The number of hydrogen-bond acceptors (Lipinski definition) is 4. The zero-order chi connectivity index (χ0) is 15.4. The molecule has 0 aromatic heterocycles. The molecule has 1 amide bonds. The van der Waals surface area contributed by atoms with Crippen molar-refractivity contribution >= 4 is 30.7 Å². The summed E-state index contributed by atoms with van der Waals surface area (Å²) in [5.74, 6) is 0.145. The first kappa shape index (κ1) is 21.2. The molecule has 2 saturated heterocycles. The molecule has 5 nitrogen and oxygen atoms in total. The van der Waals surface area contributed by atoms with Gasteiger partial charge in [0.15, 0.2) is 0 Å². The second-order valence-electron chi connectivity index (χ2n) is 6.16. The Labute approximate surface area is 156 Å². The van der Waals surface area contributed by atoms with Crippen molar-refractivity contribution in [3.8, 4) is 0 Å². The molecule has 3 rings (SSSR count). The van der Waals surface area contributed by atoms with Crippen LogP contribution in [0.15, 0.2) is 30.3 Å². The van der Waals surface area contributed by atoms with E-state index in [4.69, 9.17) is 4.74 Å². The number of carbonyl (C=O) groups is 1. The van der Waals surface area contributed by atoms with E-state index in [1.54, 1.807) is 0 Å². The van der Waals surface area contributed by atoms with E-state index < -0.39 is 0 Å². The fourth-order valence-electron chi connectivity index (χ4n) is 3.19. The molecular weight excluding hydrogens is 349 g/mol. The third kappa shape index (κ3) is 5.33. The van der Waals surface area contributed by atoms with Gasteiger partial charge in [0, 0.05) is 45.3 Å². The van der Waals surface area contributed by atoms with E-state index >= 15 is 0 Å². The van der Waals surface area contributed by atoms with Crippen molar-refractivity contribution in [3.63, 3.8) is 0 Å². The Bertz CT molecular complexity index is 504. The number of amides is 1. The van der Waals surface area contributed by atoms with E-state index in [1.807, 2.05) is 11.0 Å². The smallest absolute Gasteiger partial charge is 0.253 e. The lowest BCUT2D eigenvalue weighted by molar-refractivity contribution is -0.152. The van der Waals surface area contributed by atoms with E-state index in [9.17, 15) is 4.79 Å². The zero-order valence-electron chi connectivity index (χ0n) is 14.0. The van der Waals surface area contributed by atoms with Crippen LogP contribution in [0.4, 0.5) is 0 Å². The number of carbonyl (C=O) groups excluding carboxylic acids is 1. The second kappa shape index (κ2) is 10.2. The topological polar surface area (TPSA) is 44.8 Å². The summed E-state index contributed by atoms with van der Waals surface area (Å²) >= 11 is 0. The number of benzene rings is 1. The molecule has 7 heteroatoms. The lowest BCUT2D eigenvalue weighted by atomic mass is 10.1. The van der Waals surface area contributed by atoms with Gasteiger partial charge in [-0.1, -0.05) is 30.3 Å². The predicted molar refractivity (Wildman–Crippen MR) is 100.0 cm³/mol. The van der Waals surface area contributed by atoms with Crippen LogP contribution in [-0.4, -0.2) is 67.2 Å². The van der Waals surface area contributed by atoms with Crippen molar-refractivity contribution in [3.05, 3.63) is 35.9 Å². The van der Waals surface area contributed by atoms with Crippen LogP contribution in [0.2, 0.25) is 0 Å². The summed E-state index contributed by atoms with van der Waals surface area (Å²) in [6.45, 7) is 7.69. The number of hydrogen-bond donors (Lipinski definition) is 1. The number of piperazine rings is 1. The van der Waals surface area contributed by atoms with Crippen LogP contribution in [-0.2, 0) is 16.1 Å². The quantitative estimate of drug-likeness (QED) is 0.870. The molecule has 1 unspecified atom stereocenters. The summed E-state index contributed by atoms with van der Waals surface area (Å²) in [4.78, 5) is 17.0. The number of nitrogens with zero attached hydrogens (tertiary/aromatic N) is 2. The lowest BCUT2D eigenvalue weighted by Crippen LogP contribution is -2.58. The van der Waals surface area contributed by atoms with Gasteiger partial charge in [-0.15, -0.1) is 24.8 Å². The van der Waals surface area contributed by atoms with Crippen molar-refractivity contribution in [2.75, 3.05) is 39.3 Å². The fourth-order valence-corrected chi connectivity index (χ4v) is 3.19. The molecule has 1 aromatic rings. The zero-order valence-corrected chi connectivity index (χ0v) is 15.7. The number of morpholine rings is 1. The average Bonchev–Trinajstić information content (AvgIpc) is 2.56. The highest BCUT2D eigenvalue weighted by molar-refractivity contribution is 5.85. The first-order chi connectivity index (χ1) is 10.7. The minimum Gasteiger partial charge on any atom is -0.366 e. The molecule has 24 heavy (non-hydrogen) atoms. The maximum atomic E-state index is 12.7. The van der Waals surface area contributed by atoms with Gasteiger partial charge in [0.25, 0.3) is 5.91 Å². The third-order valence-electron chi connectivity index (χ3n) is 4.46. The molecule has 0 radical (unpaired) electrons. The van der Waals surface area contributed by atoms with Crippen molar-refractivity contribution in [1.82, 2.24) is 15.1 Å². The molecule has 1 aromatic carbocycles. The van der Waals surface area contributed by atoms with Gasteiger partial charge in [0.1, 0.15) is 6.10 Å². The molecule has 0 spiro atoms. The Morgan fingerprint density at radius 1 is 1.25 bits per heavy atom. The molecule has 0 aliphatic carbocycles. The van der Waals surface area contributed by atoms with Gasteiger partial charge in [-0.05, 0) is 12.5 Å². The molecule has 2 heterocycles. The Balaban J connectivity index is 0.00000144. The summed E-state index contributed by atoms with van der Waals surface area (Å²) in [6.07, 6.45) is -0.321. The minimum absolute atomic E-state index is 0. The van der Waals surface area contributed by atoms with Crippen LogP contribution in [0.25, 0.3) is 0 Å². The summed E-state index contributed by atoms with van der Waals surface area (Å²) in [6, 6.07) is 10.6. The van der Waals surface area contributed by atoms with Crippen LogP contribution in [0.5, 0.6) is 0 Å². The summed E-state index contributed by atoms with van der Waals surface area (Å²) in [5, 5.41) is 3.32. The number of nitrogens with one attached hydrogen (secondary N) is 1. The number of halogens is 2. The van der Waals surface area contributed by atoms with E-state index in [1.165, 1.54) is 5.56 Å². The highest BCUT2D eigenvalue weighted by atomic mass is 35.5. The first-order valence-corrected chi connectivity index (χ1v) is 8.13. The standard InChI is InChI=1S/C17H25N3O2.2ClH/c1-14-11-18-7-8-20(14)17(21)16-13-19(9-10-22-16)12-15-5-3-2-4-6-15;;/h2-6,14,16,18H,7-13H2,1H3;2*1H/t14-,16?;;/m0../s1. The van der Waals surface area contributed by atoms with Gasteiger partial charge in [-0.3, -0.25) is 9.69 Å². The van der Waals surface area contributed by atoms with E-state index in [2.05, 4.69) is 41.4 Å². The Morgan fingerprint density at radius 3 is 2.71 bits per heavy atom. The molecule has 136 valence electrons. The highest BCUT2D eigenvalue weighted by Crippen LogP contribution is 2.14. The van der Waals surface area contributed by atoms with Gasteiger partial charge in [-0.25, -0.2) is 0 Å². The minimum atomic E-state index is -0.321. The Kier molecular flexibility index (Phi) is 9.02. The summed E-state index contributed by atoms with van der Waals surface area (Å²) < 4.78 is 5.76. The molecular formula is C17H27Cl2N3O2. The SMILES string of the molecule is C[C@H]1CNCCN1C(=O)C1CN(Cc2ccccc2)CCO1.Cl.Cl. The number of rotatable bonds is 3. The van der Waals surface area contributed by atoms with Crippen LogP contribution < -0.4 is 5.32 Å². The van der Waals surface area contributed by atoms with E-state index in [-0.39, 0.29) is 42.9 Å². The largest absolute Gasteiger partial charge is 0.366 e. The van der Waals surface area contributed by atoms with Gasteiger partial charge >= 0.3 is 0 Å². The third-order valence-corrected chi connectivity index (χ3v) is 4.46. The van der Waals surface area contributed by atoms with E-state index in [0.717, 1.165) is 32.7 Å². The fraction of sp³-hybridized carbons (Fsp3) is 0.588. The lowest BCUT2D eigenvalue weighted by Gasteiger charge is -2.39. The number of ether oxygens (including phenoxy) is 1. The molecule has 0 bridgehead atoms. The molecule has 2 atom stereocenters. The van der Waals surface area contributed by atoms with Gasteiger partial charge in [-0.2, -0.15) is 0 Å².